The molecule has 0 spiro atoms. The molecule has 1 aliphatic rings. The number of fused-ring (bicyclic) bond motifs is 3. The van der Waals surface area contributed by atoms with Crippen molar-refractivity contribution in [1.29, 1.82) is 0 Å². The molecule has 2 heterocycles. The monoisotopic (exact) mass is 293 g/mol. The molecule has 4 nitrogen and oxygen atoms in total. The zero-order chi connectivity index (χ0) is 15.1. The van der Waals surface area contributed by atoms with Crippen molar-refractivity contribution in [3.63, 3.8) is 0 Å². The lowest BCUT2D eigenvalue weighted by Gasteiger charge is -2.19. The van der Waals surface area contributed by atoms with E-state index in [0.29, 0.717) is 11.6 Å². The molecule has 3 aromatic rings. The second kappa shape index (κ2) is 4.84. The summed E-state index contributed by atoms with van der Waals surface area (Å²) in [5.74, 6) is 2.62. The number of allylic oxidation sites excluding steroid dienone is 1. The summed E-state index contributed by atoms with van der Waals surface area (Å²) in [6.45, 7) is 0. The van der Waals surface area contributed by atoms with Crippen LogP contribution in [0.4, 0.5) is 0 Å². The Labute approximate surface area is 127 Å². The number of methoxy groups -OCH3 is 1. The fourth-order valence-electron chi connectivity index (χ4n) is 2.80. The van der Waals surface area contributed by atoms with Crippen molar-refractivity contribution < 1.29 is 13.9 Å². The highest BCUT2D eigenvalue weighted by molar-refractivity contribution is 5.86. The van der Waals surface area contributed by atoms with Crippen LogP contribution in [0.3, 0.4) is 0 Å². The lowest BCUT2D eigenvalue weighted by molar-refractivity contribution is 0.378. The highest BCUT2D eigenvalue weighted by Crippen LogP contribution is 2.44. The molecule has 4 heteroatoms. The van der Waals surface area contributed by atoms with Gasteiger partial charge in [0.1, 0.15) is 11.3 Å². The zero-order valence-corrected chi connectivity index (χ0v) is 12.1. The lowest BCUT2D eigenvalue weighted by atomic mass is 9.94. The minimum absolute atomic E-state index is 0.0675. The lowest BCUT2D eigenvalue weighted by Crippen LogP contribution is -2.14. The molecule has 0 saturated heterocycles. The number of hydrogen-bond donors (Lipinski definition) is 1. The van der Waals surface area contributed by atoms with Crippen LogP contribution < -0.4 is 15.2 Å². The third kappa shape index (κ3) is 1.92. The van der Waals surface area contributed by atoms with E-state index in [4.69, 9.17) is 19.6 Å². The number of ether oxygens (including phenoxy) is 2. The van der Waals surface area contributed by atoms with Crippen molar-refractivity contribution in [2.24, 2.45) is 5.73 Å². The first-order valence-corrected chi connectivity index (χ1v) is 7.07. The minimum atomic E-state index is -0.0675. The fourth-order valence-corrected chi connectivity index (χ4v) is 2.80. The smallest absolute Gasteiger partial charge is 0.188 e. The standard InChI is InChI=1S/C18H15NO3/c1-20-12-8-6-11(7-9-12)14-10-16(19)22-17-13-4-2-3-5-15(13)21-18(14)17/h2-10,14H,19H2,1H3. The maximum absolute atomic E-state index is 6.01. The van der Waals surface area contributed by atoms with E-state index < -0.39 is 0 Å². The minimum Gasteiger partial charge on any atom is -0.497 e. The summed E-state index contributed by atoms with van der Waals surface area (Å²) in [5, 5.41) is 0.937. The molecule has 22 heavy (non-hydrogen) atoms. The molecule has 0 fully saturated rings. The van der Waals surface area contributed by atoms with E-state index in [2.05, 4.69) is 0 Å². The first kappa shape index (κ1) is 12.8. The maximum atomic E-state index is 6.01. The molecule has 1 atom stereocenters. The fraction of sp³-hybridized carbons (Fsp3) is 0.111. The van der Waals surface area contributed by atoms with Gasteiger partial charge in [-0.3, -0.25) is 0 Å². The number of rotatable bonds is 2. The molecule has 1 aliphatic heterocycles. The van der Waals surface area contributed by atoms with Gasteiger partial charge in [0, 0.05) is 0 Å². The molecule has 0 aliphatic carbocycles. The summed E-state index contributed by atoms with van der Waals surface area (Å²) in [5.41, 5.74) is 7.83. The Hall–Kier alpha value is -2.88. The second-order valence-corrected chi connectivity index (χ2v) is 5.21. The average Bonchev–Trinajstić information content (AvgIpc) is 2.93. The van der Waals surface area contributed by atoms with Gasteiger partial charge in [0.15, 0.2) is 17.4 Å². The maximum Gasteiger partial charge on any atom is 0.188 e. The van der Waals surface area contributed by atoms with E-state index in [1.54, 1.807) is 7.11 Å². The van der Waals surface area contributed by atoms with Crippen LogP contribution in [-0.2, 0) is 0 Å². The number of nitrogens with two attached hydrogens (primary N) is 1. The van der Waals surface area contributed by atoms with Gasteiger partial charge in [-0.25, -0.2) is 0 Å². The van der Waals surface area contributed by atoms with Gasteiger partial charge in [-0.15, -0.1) is 0 Å². The van der Waals surface area contributed by atoms with E-state index in [9.17, 15) is 0 Å². The van der Waals surface area contributed by atoms with Crippen LogP contribution in [0, 0.1) is 0 Å². The average molecular weight is 293 g/mol. The molecule has 0 amide bonds. The highest BCUT2D eigenvalue weighted by Gasteiger charge is 2.28. The highest BCUT2D eigenvalue weighted by atomic mass is 16.5. The van der Waals surface area contributed by atoms with Gasteiger partial charge in [-0.05, 0) is 35.9 Å². The quantitative estimate of drug-likeness (QED) is 0.781. The Morgan fingerprint density at radius 2 is 1.82 bits per heavy atom. The zero-order valence-electron chi connectivity index (χ0n) is 12.1. The molecule has 0 bridgehead atoms. The Balaban J connectivity index is 1.87. The van der Waals surface area contributed by atoms with Crippen molar-refractivity contribution in [3.05, 3.63) is 71.8 Å². The third-order valence-electron chi connectivity index (χ3n) is 3.88. The van der Waals surface area contributed by atoms with E-state index in [1.165, 1.54) is 0 Å². The summed E-state index contributed by atoms with van der Waals surface area (Å²) < 4.78 is 16.9. The van der Waals surface area contributed by atoms with Crippen LogP contribution in [0.15, 0.2) is 64.9 Å². The van der Waals surface area contributed by atoms with Crippen LogP contribution in [0.1, 0.15) is 17.2 Å². The van der Waals surface area contributed by atoms with E-state index in [0.717, 1.165) is 28.0 Å². The van der Waals surface area contributed by atoms with E-state index in [-0.39, 0.29) is 5.92 Å². The number of para-hydroxylation sites is 1. The summed E-state index contributed by atoms with van der Waals surface area (Å²) >= 11 is 0. The summed E-state index contributed by atoms with van der Waals surface area (Å²) in [6.07, 6.45) is 1.87. The molecular weight excluding hydrogens is 278 g/mol. The van der Waals surface area contributed by atoms with Gasteiger partial charge in [0.05, 0.1) is 18.4 Å². The van der Waals surface area contributed by atoms with E-state index >= 15 is 0 Å². The van der Waals surface area contributed by atoms with Crippen LogP contribution in [0.5, 0.6) is 11.5 Å². The Morgan fingerprint density at radius 1 is 1.05 bits per heavy atom. The Kier molecular flexibility index (Phi) is 2.82. The predicted molar refractivity (Wildman–Crippen MR) is 83.9 cm³/mol. The SMILES string of the molecule is COc1ccc(C2C=C(N)Oc3c2oc2ccccc32)cc1. The molecule has 4 rings (SSSR count). The number of benzene rings is 2. The Morgan fingerprint density at radius 3 is 2.59 bits per heavy atom. The largest absolute Gasteiger partial charge is 0.497 e. The molecule has 2 N–H and O–H groups in total. The van der Waals surface area contributed by atoms with E-state index in [1.807, 2.05) is 54.6 Å². The summed E-state index contributed by atoms with van der Waals surface area (Å²) in [6, 6.07) is 15.7. The van der Waals surface area contributed by atoms with Gasteiger partial charge < -0.3 is 19.6 Å². The number of hydrogen-bond acceptors (Lipinski definition) is 4. The first-order valence-electron chi connectivity index (χ1n) is 7.07. The molecule has 0 radical (unpaired) electrons. The molecule has 1 aromatic heterocycles. The molecule has 0 saturated carbocycles. The van der Waals surface area contributed by atoms with Crippen molar-refractivity contribution in [2.45, 2.75) is 5.92 Å². The van der Waals surface area contributed by atoms with Crippen LogP contribution in [0.2, 0.25) is 0 Å². The van der Waals surface area contributed by atoms with Gasteiger partial charge in [-0.1, -0.05) is 24.3 Å². The van der Waals surface area contributed by atoms with Crippen LogP contribution in [0.25, 0.3) is 11.0 Å². The molecule has 110 valence electrons. The van der Waals surface area contributed by atoms with Crippen LogP contribution in [-0.4, -0.2) is 7.11 Å². The van der Waals surface area contributed by atoms with Gasteiger partial charge in [0.25, 0.3) is 0 Å². The molecular formula is C18H15NO3. The molecule has 2 aromatic carbocycles. The number of furan rings is 1. The van der Waals surface area contributed by atoms with Crippen LogP contribution >= 0.6 is 0 Å². The summed E-state index contributed by atoms with van der Waals surface area (Å²) in [7, 11) is 1.65. The van der Waals surface area contributed by atoms with Crippen molar-refractivity contribution >= 4 is 11.0 Å². The van der Waals surface area contributed by atoms with Crippen molar-refractivity contribution in [3.8, 4) is 11.5 Å². The molecule has 1 unspecified atom stereocenters. The second-order valence-electron chi connectivity index (χ2n) is 5.21. The third-order valence-corrected chi connectivity index (χ3v) is 3.88. The predicted octanol–water partition coefficient (Wildman–Crippen LogP) is 3.77. The summed E-state index contributed by atoms with van der Waals surface area (Å²) in [4.78, 5) is 0. The topological polar surface area (TPSA) is 57.6 Å². The van der Waals surface area contributed by atoms with Gasteiger partial charge in [0.2, 0.25) is 0 Å². The van der Waals surface area contributed by atoms with Crippen molar-refractivity contribution in [1.82, 2.24) is 0 Å². The van der Waals surface area contributed by atoms with Gasteiger partial charge in [-0.2, -0.15) is 0 Å². The van der Waals surface area contributed by atoms with Crippen molar-refractivity contribution in [2.75, 3.05) is 7.11 Å². The normalized spacial score (nSPS) is 16.8. The van der Waals surface area contributed by atoms with Gasteiger partial charge >= 0.3 is 0 Å². The Bertz CT molecular complexity index is 862. The first-order chi connectivity index (χ1) is 10.8.